The van der Waals surface area contributed by atoms with Gasteiger partial charge < -0.3 is 10.5 Å². The molecule has 2 aliphatic rings. The summed E-state index contributed by atoms with van der Waals surface area (Å²) in [6.07, 6.45) is 4.99. The number of hydrogen-bond acceptors (Lipinski definition) is 9. The monoisotopic (exact) mass is 444 g/mol. The van der Waals surface area contributed by atoms with E-state index in [1.165, 1.54) is 4.68 Å². The van der Waals surface area contributed by atoms with Crippen molar-refractivity contribution in [3.05, 3.63) is 69.8 Å². The van der Waals surface area contributed by atoms with Crippen LogP contribution < -0.4 is 11.1 Å². The molecule has 10 heteroatoms. The number of nitrogens with one attached hydrogen (secondary N) is 1. The normalized spacial score (nSPS) is 20.4. The summed E-state index contributed by atoms with van der Waals surface area (Å²) in [6.45, 7) is 6.23. The number of nitrogens with two attached hydrogens (primary N) is 1. The van der Waals surface area contributed by atoms with Crippen LogP contribution in [-0.2, 0) is 17.9 Å². The van der Waals surface area contributed by atoms with E-state index < -0.39 is 0 Å². The highest BCUT2D eigenvalue weighted by Crippen LogP contribution is 2.30. The van der Waals surface area contributed by atoms with Gasteiger partial charge in [-0.3, -0.25) is 10.2 Å². The number of piperazine rings is 1. The van der Waals surface area contributed by atoms with Gasteiger partial charge in [0.1, 0.15) is 12.7 Å². The predicted molar refractivity (Wildman–Crippen MR) is 118 cm³/mol. The fourth-order valence-electron chi connectivity index (χ4n) is 4.52. The molecule has 0 radical (unpaired) electrons. The molecule has 4 heterocycles. The summed E-state index contributed by atoms with van der Waals surface area (Å²) < 4.78 is 6.71. The number of carbonyl (C=O) groups excluding carboxylic acids is 1. The number of aryl methyl sites for hydroxylation is 1. The van der Waals surface area contributed by atoms with Gasteiger partial charge in [-0.15, -0.1) is 0 Å². The van der Waals surface area contributed by atoms with E-state index in [0.29, 0.717) is 42.5 Å². The van der Waals surface area contributed by atoms with E-state index in [1.807, 2.05) is 19.1 Å². The number of nitrogens with zero attached hydrogens (tertiary/aromatic N) is 6. The number of fused-ring (bicyclic) bond motifs is 1. The van der Waals surface area contributed by atoms with E-state index in [1.54, 1.807) is 25.5 Å². The zero-order valence-electron chi connectivity index (χ0n) is 18.4. The van der Waals surface area contributed by atoms with Gasteiger partial charge >= 0.3 is 5.97 Å². The van der Waals surface area contributed by atoms with Gasteiger partial charge in [-0.2, -0.15) is 10.4 Å². The molecule has 2 aromatic heterocycles. The largest absolute Gasteiger partial charge is 0.457 e. The number of nitriles is 1. The van der Waals surface area contributed by atoms with E-state index in [2.05, 4.69) is 31.4 Å². The fraction of sp³-hybridized carbons (Fsp3) is 0.348. The van der Waals surface area contributed by atoms with Crippen molar-refractivity contribution in [2.75, 3.05) is 13.1 Å². The zero-order valence-corrected chi connectivity index (χ0v) is 18.4. The van der Waals surface area contributed by atoms with Gasteiger partial charge in [0, 0.05) is 49.2 Å². The van der Waals surface area contributed by atoms with Gasteiger partial charge in [-0.1, -0.05) is 6.07 Å². The lowest BCUT2D eigenvalue weighted by molar-refractivity contribution is 0.0535. The first-order valence-corrected chi connectivity index (χ1v) is 10.7. The summed E-state index contributed by atoms with van der Waals surface area (Å²) in [5.74, 6) is 0.163. The second-order valence-corrected chi connectivity index (χ2v) is 8.48. The average molecular weight is 444 g/mol. The van der Waals surface area contributed by atoms with Crippen LogP contribution in [0.5, 0.6) is 0 Å². The number of ether oxygens (including phenoxy) is 1. The van der Waals surface area contributed by atoms with Crippen LogP contribution in [-0.4, -0.2) is 49.9 Å². The van der Waals surface area contributed by atoms with Gasteiger partial charge in [-0.05, 0) is 31.0 Å². The minimum absolute atomic E-state index is 0.0337. The molecule has 3 N–H and O–H groups in total. The zero-order chi connectivity index (χ0) is 23.1. The van der Waals surface area contributed by atoms with Crippen LogP contribution in [0.4, 0.5) is 0 Å². The van der Waals surface area contributed by atoms with Crippen LogP contribution in [0.1, 0.15) is 49.9 Å². The van der Waals surface area contributed by atoms with Crippen LogP contribution >= 0.6 is 0 Å². The van der Waals surface area contributed by atoms with Crippen LogP contribution in [0.3, 0.4) is 0 Å². The molecule has 0 saturated carbocycles. The van der Waals surface area contributed by atoms with Crippen molar-refractivity contribution in [2.45, 2.75) is 39.2 Å². The molecule has 0 spiro atoms. The molecular formula is C23H24N8O2. The lowest BCUT2D eigenvalue weighted by atomic mass is 9.93. The molecule has 0 aliphatic carbocycles. The molecule has 33 heavy (non-hydrogen) atoms. The van der Waals surface area contributed by atoms with E-state index >= 15 is 0 Å². The lowest BCUT2D eigenvalue weighted by Crippen LogP contribution is -2.56. The third kappa shape index (κ3) is 3.98. The maximum Gasteiger partial charge on any atom is 0.338 e. The van der Waals surface area contributed by atoms with Crippen LogP contribution in [0.15, 0.2) is 30.7 Å². The van der Waals surface area contributed by atoms with Crippen molar-refractivity contribution in [3.63, 3.8) is 0 Å². The van der Waals surface area contributed by atoms with E-state index in [9.17, 15) is 4.79 Å². The van der Waals surface area contributed by atoms with Gasteiger partial charge in [0.15, 0.2) is 0 Å². The summed E-state index contributed by atoms with van der Waals surface area (Å²) in [5, 5.41) is 16.9. The Bertz CT molecular complexity index is 1260. The molecule has 1 fully saturated rings. The Morgan fingerprint density at radius 3 is 2.79 bits per heavy atom. The second kappa shape index (κ2) is 8.37. The highest BCUT2D eigenvalue weighted by Gasteiger charge is 2.30. The van der Waals surface area contributed by atoms with Crippen LogP contribution in [0, 0.1) is 25.2 Å². The standard InChI is InChI=1S/C23H24N8O2/c1-13-17(3-4-18-19(13)12-33-22(18)32)20-10-30(11-21(25)28-20)8-15-6-26-23(27-7-15)31-9-16(5-24)14(2)29-31/h3-4,6-7,9,20-21,28H,8,10-12,25H2,1-2H3/t20-,21+/m0/s1. The molecule has 2 aliphatic heterocycles. The molecule has 5 rings (SSSR count). The van der Waals surface area contributed by atoms with E-state index in [0.717, 1.165) is 28.8 Å². The van der Waals surface area contributed by atoms with Gasteiger partial charge in [-0.25, -0.2) is 19.4 Å². The van der Waals surface area contributed by atoms with Gasteiger partial charge in [0.2, 0.25) is 5.95 Å². The third-order valence-electron chi connectivity index (χ3n) is 6.22. The number of cyclic esters (lactones) is 1. The number of rotatable bonds is 4. The first-order chi connectivity index (χ1) is 15.9. The molecule has 1 saturated heterocycles. The molecular weight excluding hydrogens is 420 g/mol. The van der Waals surface area contributed by atoms with Crippen molar-refractivity contribution in [3.8, 4) is 12.0 Å². The molecule has 3 aromatic rings. The highest BCUT2D eigenvalue weighted by molar-refractivity contribution is 5.94. The lowest BCUT2D eigenvalue weighted by Gasteiger charge is -2.38. The Hall–Kier alpha value is -3.65. The Morgan fingerprint density at radius 2 is 2.06 bits per heavy atom. The van der Waals surface area contributed by atoms with E-state index in [-0.39, 0.29) is 18.2 Å². The van der Waals surface area contributed by atoms with Crippen molar-refractivity contribution in [1.29, 1.82) is 5.26 Å². The quantitative estimate of drug-likeness (QED) is 0.570. The topological polar surface area (TPSA) is 135 Å². The molecule has 0 bridgehead atoms. The smallest absolute Gasteiger partial charge is 0.338 e. The van der Waals surface area contributed by atoms with Crippen molar-refractivity contribution >= 4 is 5.97 Å². The predicted octanol–water partition coefficient (Wildman–Crippen LogP) is 1.25. The number of aromatic nitrogens is 4. The molecule has 1 aromatic carbocycles. The van der Waals surface area contributed by atoms with E-state index in [4.69, 9.17) is 15.7 Å². The minimum atomic E-state index is -0.257. The summed E-state index contributed by atoms with van der Waals surface area (Å²) >= 11 is 0. The highest BCUT2D eigenvalue weighted by atomic mass is 16.5. The molecule has 2 atom stereocenters. The summed E-state index contributed by atoms with van der Waals surface area (Å²) in [5.41, 5.74) is 12.2. The summed E-state index contributed by atoms with van der Waals surface area (Å²) in [6, 6.07) is 5.98. The second-order valence-electron chi connectivity index (χ2n) is 8.48. The first-order valence-electron chi connectivity index (χ1n) is 10.7. The Labute approximate surface area is 191 Å². The number of carbonyl (C=O) groups is 1. The number of hydrogen-bond donors (Lipinski definition) is 2. The number of esters is 1. The summed E-state index contributed by atoms with van der Waals surface area (Å²) in [4.78, 5) is 23.0. The Kier molecular flexibility index (Phi) is 5.38. The molecule has 10 nitrogen and oxygen atoms in total. The third-order valence-corrected chi connectivity index (χ3v) is 6.22. The molecule has 0 amide bonds. The van der Waals surface area contributed by atoms with Crippen molar-refractivity contribution in [1.82, 2.24) is 30.0 Å². The van der Waals surface area contributed by atoms with Crippen molar-refractivity contribution < 1.29 is 9.53 Å². The minimum Gasteiger partial charge on any atom is -0.457 e. The Balaban J connectivity index is 1.31. The number of benzene rings is 1. The van der Waals surface area contributed by atoms with Crippen molar-refractivity contribution in [2.24, 2.45) is 5.73 Å². The Morgan fingerprint density at radius 1 is 1.27 bits per heavy atom. The summed E-state index contributed by atoms with van der Waals surface area (Å²) in [7, 11) is 0. The first kappa shape index (κ1) is 21.2. The molecule has 168 valence electrons. The average Bonchev–Trinajstić information content (AvgIpc) is 3.37. The van der Waals surface area contributed by atoms with Gasteiger partial charge in [0.05, 0.1) is 29.2 Å². The van der Waals surface area contributed by atoms with Crippen LogP contribution in [0.2, 0.25) is 0 Å². The maximum atomic E-state index is 11.9. The molecule has 0 unspecified atom stereocenters. The van der Waals surface area contributed by atoms with Gasteiger partial charge in [0.25, 0.3) is 0 Å². The SMILES string of the molecule is Cc1nn(-c2ncc(CN3C[C@@H](c4ccc5c(c4C)COC5=O)N[C@@H](N)C3)cn2)cc1C#N. The maximum absolute atomic E-state index is 11.9. The fourth-order valence-corrected chi connectivity index (χ4v) is 4.52. The van der Waals surface area contributed by atoms with Crippen LogP contribution in [0.25, 0.3) is 5.95 Å².